The third kappa shape index (κ3) is 3.54. The summed E-state index contributed by atoms with van der Waals surface area (Å²) in [5.41, 5.74) is 1.08. The zero-order chi connectivity index (χ0) is 17.8. The number of hydrogen-bond donors (Lipinski definition) is 0. The normalized spacial score (nSPS) is 16.6. The lowest BCUT2D eigenvalue weighted by Gasteiger charge is -2.38. The van der Waals surface area contributed by atoms with E-state index >= 15 is 0 Å². The van der Waals surface area contributed by atoms with E-state index in [2.05, 4.69) is 16.7 Å². The van der Waals surface area contributed by atoms with Crippen LogP contribution in [0.15, 0.2) is 34.9 Å². The van der Waals surface area contributed by atoms with Crippen molar-refractivity contribution in [2.24, 2.45) is 0 Å². The molecule has 0 aliphatic carbocycles. The van der Waals surface area contributed by atoms with Crippen molar-refractivity contribution in [3.05, 3.63) is 36.3 Å². The summed E-state index contributed by atoms with van der Waals surface area (Å²) in [5, 5.41) is 0. The molecule has 0 bridgehead atoms. The van der Waals surface area contributed by atoms with Crippen molar-refractivity contribution in [2.45, 2.75) is 13.0 Å². The Morgan fingerprint density at radius 1 is 0.960 bits per heavy atom. The fourth-order valence-electron chi connectivity index (χ4n) is 3.33. The van der Waals surface area contributed by atoms with E-state index in [9.17, 15) is 0 Å². The van der Waals surface area contributed by atoms with Crippen molar-refractivity contribution in [3.8, 4) is 17.2 Å². The molecule has 6 heteroatoms. The predicted octanol–water partition coefficient (Wildman–Crippen LogP) is 3.19. The molecule has 3 rings (SSSR count). The zero-order valence-corrected chi connectivity index (χ0v) is 15.3. The number of rotatable bonds is 6. The van der Waals surface area contributed by atoms with E-state index in [0.29, 0.717) is 17.2 Å². The third-order valence-electron chi connectivity index (χ3n) is 4.83. The first-order valence-corrected chi connectivity index (χ1v) is 8.50. The number of nitrogens with zero attached hydrogens (tertiary/aromatic N) is 2. The Balaban J connectivity index is 1.72. The van der Waals surface area contributed by atoms with Gasteiger partial charge in [0, 0.05) is 44.0 Å². The molecule has 0 N–H and O–H groups in total. The Hall–Kier alpha value is -2.34. The average molecular weight is 346 g/mol. The summed E-state index contributed by atoms with van der Waals surface area (Å²) in [7, 11) is 4.91. The molecule has 2 aromatic rings. The molecule has 1 aromatic heterocycles. The van der Waals surface area contributed by atoms with Crippen LogP contribution in [-0.2, 0) is 0 Å². The molecule has 1 fully saturated rings. The summed E-state index contributed by atoms with van der Waals surface area (Å²) in [6, 6.07) is 8.28. The minimum Gasteiger partial charge on any atom is -0.493 e. The minimum atomic E-state index is 0.289. The highest BCUT2D eigenvalue weighted by atomic mass is 16.5. The van der Waals surface area contributed by atoms with Crippen LogP contribution in [0.5, 0.6) is 17.2 Å². The van der Waals surface area contributed by atoms with Gasteiger partial charge in [-0.25, -0.2) is 0 Å². The number of ether oxygens (including phenoxy) is 3. The van der Waals surface area contributed by atoms with E-state index in [-0.39, 0.29) is 6.04 Å². The first kappa shape index (κ1) is 17.5. The van der Waals surface area contributed by atoms with Crippen LogP contribution < -0.4 is 19.1 Å². The van der Waals surface area contributed by atoms with Crippen LogP contribution in [0.4, 0.5) is 5.69 Å². The van der Waals surface area contributed by atoms with E-state index in [1.54, 1.807) is 27.6 Å². The highest BCUT2D eigenvalue weighted by molar-refractivity contribution is 5.63. The summed E-state index contributed by atoms with van der Waals surface area (Å²) < 4.78 is 21.9. The molecular formula is C19H26N2O4. The Bertz CT molecular complexity index is 654. The summed E-state index contributed by atoms with van der Waals surface area (Å²) in [6.45, 7) is 6.00. The van der Waals surface area contributed by atoms with Crippen molar-refractivity contribution in [3.63, 3.8) is 0 Å². The molecule has 0 spiro atoms. The van der Waals surface area contributed by atoms with Crippen LogP contribution in [0.3, 0.4) is 0 Å². The van der Waals surface area contributed by atoms with Gasteiger partial charge in [-0.1, -0.05) is 0 Å². The smallest absolute Gasteiger partial charge is 0.203 e. The number of methoxy groups -OCH3 is 3. The lowest BCUT2D eigenvalue weighted by molar-refractivity contribution is 0.178. The Kier molecular flexibility index (Phi) is 5.38. The average Bonchev–Trinajstić information content (AvgIpc) is 3.21. The van der Waals surface area contributed by atoms with Crippen LogP contribution in [0, 0.1) is 0 Å². The second-order valence-electron chi connectivity index (χ2n) is 6.10. The van der Waals surface area contributed by atoms with Gasteiger partial charge < -0.3 is 23.5 Å². The molecule has 0 saturated carbocycles. The van der Waals surface area contributed by atoms with E-state index in [0.717, 1.165) is 37.6 Å². The standard InChI is InChI=1S/C19H26N2O4/c1-14(16-6-5-11-25-16)20-7-9-21(10-8-20)15-12-17(22-2)19(24-4)18(13-15)23-3/h5-6,11-14H,7-10H2,1-4H3/t14-/m1/s1. The molecule has 1 saturated heterocycles. The molecular weight excluding hydrogens is 320 g/mol. The molecule has 1 aliphatic rings. The molecule has 6 nitrogen and oxygen atoms in total. The third-order valence-corrected chi connectivity index (χ3v) is 4.83. The molecule has 0 unspecified atom stereocenters. The van der Waals surface area contributed by atoms with Gasteiger partial charge in [0.1, 0.15) is 5.76 Å². The molecule has 1 atom stereocenters. The summed E-state index contributed by atoms with van der Waals surface area (Å²) in [5.74, 6) is 3.01. The molecule has 1 aliphatic heterocycles. The van der Waals surface area contributed by atoms with Crippen LogP contribution >= 0.6 is 0 Å². The van der Waals surface area contributed by atoms with E-state index in [1.807, 2.05) is 24.3 Å². The highest BCUT2D eigenvalue weighted by Gasteiger charge is 2.25. The fourth-order valence-corrected chi connectivity index (χ4v) is 3.33. The topological polar surface area (TPSA) is 47.3 Å². The predicted molar refractivity (Wildman–Crippen MR) is 97.0 cm³/mol. The SMILES string of the molecule is COc1cc(N2CCN([C@H](C)c3ccco3)CC2)cc(OC)c1OC. The van der Waals surface area contributed by atoms with Crippen molar-refractivity contribution in [1.82, 2.24) is 4.90 Å². The van der Waals surface area contributed by atoms with Crippen LogP contribution in [0.25, 0.3) is 0 Å². The van der Waals surface area contributed by atoms with Gasteiger partial charge in [0.05, 0.1) is 33.6 Å². The molecule has 136 valence electrons. The highest BCUT2D eigenvalue weighted by Crippen LogP contribution is 2.41. The maximum absolute atomic E-state index is 5.54. The van der Waals surface area contributed by atoms with Gasteiger partial charge in [0.15, 0.2) is 11.5 Å². The number of piperazine rings is 1. The Morgan fingerprint density at radius 3 is 2.08 bits per heavy atom. The lowest BCUT2D eigenvalue weighted by atomic mass is 10.1. The lowest BCUT2D eigenvalue weighted by Crippen LogP contribution is -2.47. The maximum Gasteiger partial charge on any atom is 0.203 e. The summed E-state index contributed by atoms with van der Waals surface area (Å²) >= 11 is 0. The van der Waals surface area contributed by atoms with Gasteiger partial charge in [0.2, 0.25) is 5.75 Å². The summed E-state index contributed by atoms with van der Waals surface area (Å²) in [6.07, 6.45) is 1.73. The van der Waals surface area contributed by atoms with Crippen LogP contribution in [0.1, 0.15) is 18.7 Å². The summed E-state index contributed by atoms with van der Waals surface area (Å²) in [4.78, 5) is 4.78. The number of furan rings is 1. The number of benzene rings is 1. The molecule has 1 aromatic carbocycles. The number of anilines is 1. The van der Waals surface area contributed by atoms with Gasteiger partial charge in [-0.15, -0.1) is 0 Å². The van der Waals surface area contributed by atoms with Crippen molar-refractivity contribution >= 4 is 5.69 Å². The Morgan fingerprint density at radius 2 is 1.60 bits per heavy atom. The molecule has 2 heterocycles. The van der Waals surface area contributed by atoms with Gasteiger partial charge in [-0.2, -0.15) is 0 Å². The second kappa shape index (κ2) is 7.70. The second-order valence-corrected chi connectivity index (χ2v) is 6.10. The quantitative estimate of drug-likeness (QED) is 0.801. The van der Waals surface area contributed by atoms with E-state index in [1.165, 1.54) is 0 Å². The largest absolute Gasteiger partial charge is 0.493 e. The minimum absolute atomic E-state index is 0.289. The monoisotopic (exact) mass is 346 g/mol. The van der Waals surface area contributed by atoms with Gasteiger partial charge in [0.25, 0.3) is 0 Å². The van der Waals surface area contributed by atoms with E-state index < -0.39 is 0 Å². The van der Waals surface area contributed by atoms with Gasteiger partial charge >= 0.3 is 0 Å². The van der Waals surface area contributed by atoms with Gasteiger partial charge in [-0.05, 0) is 19.1 Å². The first-order chi connectivity index (χ1) is 12.2. The first-order valence-electron chi connectivity index (χ1n) is 8.50. The van der Waals surface area contributed by atoms with Crippen LogP contribution in [0.2, 0.25) is 0 Å². The zero-order valence-electron chi connectivity index (χ0n) is 15.3. The number of hydrogen-bond acceptors (Lipinski definition) is 6. The van der Waals surface area contributed by atoms with Crippen molar-refractivity contribution in [2.75, 3.05) is 52.4 Å². The fraction of sp³-hybridized carbons (Fsp3) is 0.474. The van der Waals surface area contributed by atoms with Gasteiger partial charge in [-0.3, -0.25) is 4.90 Å². The maximum atomic E-state index is 5.54. The van der Waals surface area contributed by atoms with Crippen molar-refractivity contribution in [1.29, 1.82) is 0 Å². The van der Waals surface area contributed by atoms with Crippen LogP contribution in [-0.4, -0.2) is 52.4 Å². The Labute approximate surface area is 148 Å². The molecule has 25 heavy (non-hydrogen) atoms. The van der Waals surface area contributed by atoms with E-state index in [4.69, 9.17) is 18.6 Å². The molecule has 0 radical (unpaired) electrons. The van der Waals surface area contributed by atoms with Crippen molar-refractivity contribution < 1.29 is 18.6 Å². The molecule has 0 amide bonds.